The van der Waals surface area contributed by atoms with Crippen LogP contribution in [-0.2, 0) is 23.7 Å². The number of ether oxygens (including phenoxy) is 4. The summed E-state index contributed by atoms with van der Waals surface area (Å²) in [5.41, 5.74) is -2.62. The van der Waals surface area contributed by atoms with Gasteiger partial charge in [0.15, 0.2) is 6.29 Å². The van der Waals surface area contributed by atoms with E-state index in [2.05, 4.69) is 0 Å². The molecule has 6 N–H and O–H groups in total. The Balaban J connectivity index is 1.55. The minimum absolute atomic E-state index is 0.151. The molecule has 1 aliphatic carbocycles. The van der Waals surface area contributed by atoms with E-state index in [1.54, 1.807) is 18.2 Å². The molecule has 1 aromatic rings. The molecule has 0 radical (unpaired) electrons. The third kappa shape index (κ3) is 4.86. The van der Waals surface area contributed by atoms with Crippen LogP contribution in [0.4, 0.5) is 0 Å². The van der Waals surface area contributed by atoms with Crippen LogP contribution >= 0.6 is 0 Å². The van der Waals surface area contributed by atoms with E-state index in [4.69, 9.17) is 18.9 Å². The molecular formula is C24H30O11. The third-order valence-electron chi connectivity index (χ3n) is 6.77. The van der Waals surface area contributed by atoms with Crippen molar-refractivity contribution in [3.05, 3.63) is 54.3 Å². The van der Waals surface area contributed by atoms with Crippen molar-refractivity contribution in [2.45, 2.75) is 67.6 Å². The number of esters is 1. The highest BCUT2D eigenvalue weighted by atomic mass is 16.8. The number of aliphatic hydroxyl groups is 6. The van der Waals surface area contributed by atoms with E-state index in [9.17, 15) is 35.4 Å². The fourth-order valence-corrected chi connectivity index (χ4v) is 4.92. The third-order valence-corrected chi connectivity index (χ3v) is 6.77. The molecule has 11 nitrogen and oxygen atoms in total. The van der Waals surface area contributed by atoms with E-state index in [0.29, 0.717) is 0 Å². The Hall–Kier alpha value is -2.35. The highest BCUT2D eigenvalue weighted by molar-refractivity contribution is 5.87. The molecule has 35 heavy (non-hydrogen) atoms. The van der Waals surface area contributed by atoms with Gasteiger partial charge in [0.2, 0.25) is 6.29 Å². The van der Waals surface area contributed by atoms with Gasteiger partial charge in [-0.1, -0.05) is 30.3 Å². The first kappa shape index (κ1) is 25.7. The summed E-state index contributed by atoms with van der Waals surface area (Å²) in [6.07, 6.45) is -5.57. The molecule has 3 aliphatic rings. The maximum atomic E-state index is 12.6. The lowest BCUT2D eigenvalue weighted by molar-refractivity contribution is -0.351. The van der Waals surface area contributed by atoms with Crippen LogP contribution in [0.3, 0.4) is 0 Å². The maximum Gasteiger partial charge on any atom is 0.331 e. The molecule has 0 amide bonds. The number of carbonyl (C=O) groups excluding carboxylic acids is 1. The Morgan fingerprint density at radius 3 is 2.51 bits per heavy atom. The average molecular weight is 494 g/mol. The lowest BCUT2D eigenvalue weighted by atomic mass is 9.81. The van der Waals surface area contributed by atoms with Gasteiger partial charge >= 0.3 is 5.97 Å². The molecule has 2 aliphatic heterocycles. The van der Waals surface area contributed by atoms with Gasteiger partial charge in [-0.3, -0.25) is 0 Å². The highest BCUT2D eigenvalue weighted by Gasteiger charge is 2.66. The number of fused-ring (bicyclic) bond motifs is 1. The Bertz CT molecular complexity index is 950. The standard InChI is InChI=1S/C24H30O11/c1-23(35-16(27)8-7-13-5-3-2-4-6-13)11-15(26)24(31)9-10-32-22(20(23)24)34-21-19(30)18(29)17(28)14(12-25)33-21/h2-10,14-15,17-22,25-26,28-31H,11-12H2,1H3/b8-7-/t14?,15-,17?,18?,19?,20?,21?,22+,23+,24-/m0/s1. The van der Waals surface area contributed by atoms with Gasteiger partial charge in [-0.25, -0.2) is 4.79 Å². The summed E-state index contributed by atoms with van der Waals surface area (Å²) in [7, 11) is 0. The molecule has 4 rings (SSSR count). The van der Waals surface area contributed by atoms with Crippen molar-refractivity contribution in [3.63, 3.8) is 0 Å². The summed E-state index contributed by atoms with van der Waals surface area (Å²) in [5.74, 6) is -1.90. The lowest BCUT2D eigenvalue weighted by Gasteiger charge is -2.45. The largest absolute Gasteiger partial charge is 0.472 e. The summed E-state index contributed by atoms with van der Waals surface area (Å²) in [6.45, 7) is 0.852. The quantitative estimate of drug-likeness (QED) is 0.207. The first-order valence-corrected chi connectivity index (χ1v) is 11.2. The van der Waals surface area contributed by atoms with Gasteiger partial charge in [0, 0.05) is 12.5 Å². The topological polar surface area (TPSA) is 175 Å². The van der Waals surface area contributed by atoms with Gasteiger partial charge in [0.1, 0.15) is 35.6 Å². The van der Waals surface area contributed by atoms with Crippen LogP contribution in [0.25, 0.3) is 6.08 Å². The molecule has 1 aromatic carbocycles. The average Bonchev–Trinajstić information content (AvgIpc) is 3.03. The normalized spacial score (nSPS) is 43.1. The molecular weight excluding hydrogens is 464 g/mol. The second kappa shape index (κ2) is 9.96. The van der Waals surface area contributed by atoms with E-state index in [1.165, 1.54) is 19.1 Å². The lowest BCUT2D eigenvalue weighted by Crippen LogP contribution is -2.62. The van der Waals surface area contributed by atoms with E-state index in [0.717, 1.165) is 11.8 Å². The number of hydrogen-bond acceptors (Lipinski definition) is 11. The molecule has 0 spiro atoms. The summed E-state index contributed by atoms with van der Waals surface area (Å²) in [6, 6.07) is 9.06. The zero-order valence-electron chi connectivity index (χ0n) is 19.0. The highest BCUT2D eigenvalue weighted by Crippen LogP contribution is 2.51. The molecule has 0 bridgehead atoms. The summed E-state index contributed by atoms with van der Waals surface area (Å²) < 4.78 is 22.3. The SMILES string of the molecule is C[C@@]1(OC(=O)/C=C\c2ccccc2)C[C@H](O)[C@@]2(O)C=CO[C@H](OC3OC(CO)C(O)C(O)C3O)C12. The number of rotatable bonds is 6. The van der Waals surface area contributed by atoms with Gasteiger partial charge < -0.3 is 49.6 Å². The fraction of sp³-hybridized carbons (Fsp3) is 0.542. The van der Waals surface area contributed by atoms with Crippen LogP contribution in [-0.4, -0.2) is 97.5 Å². The van der Waals surface area contributed by atoms with E-state index < -0.39 is 72.8 Å². The number of hydrogen-bond donors (Lipinski definition) is 6. The van der Waals surface area contributed by atoms with E-state index in [-0.39, 0.29) is 6.42 Å². The van der Waals surface area contributed by atoms with Crippen LogP contribution in [0.2, 0.25) is 0 Å². The minimum Gasteiger partial charge on any atom is -0.472 e. The van der Waals surface area contributed by atoms with Crippen molar-refractivity contribution in [1.82, 2.24) is 0 Å². The first-order valence-electron chi connectivity index (χ1n) is 11.2. The summed E-state index contributed by atoms with van der Waals surface area (Å²) in [5, 5.41) is 61.7. The zero-order valence-corrected chi connectivity index (χ0v) is 19.0. The predicted molar refractivity (Wildman–Crippen MR) is 118 cm³/mol. The molecule has 1 saturated heterocycles. The molecule has 10 atom stereocenters. The molecule has 6 unspecified atom stereocenters. The van der Waals surface area contributed by atoms with E-state index in [1.807, 2.05) is 18.2 Å². The van der Waals surface area contributed by atoms with Gasteiger partial charge in [-0.15, -0.1) is 0 Å². The van der Waals surface area contributed by atoms with Crippen molar-refractivity contribution in [2.24, 2.45) is 5.92 Å². The monoisotopic (exact) mass is 494 g/mol. The zero-order chi connectivity index (χ0) is 25.4. The van der Waals surface area contributed by atoms with Crippen LogP contribution in [0.5, 0.6) is 0 Å². The van der Waals surface area contributed by atoms with Crippen molar-refractivity contribution in [1.29, 1.82) is 0 Å². The first-order chi connectivity index (χ1) is 16.6. The van der Waals surface area contributed by atoms with Crippen molar-refractivity contribution in [2.75, 3.05) is 6.61 Å². The Kier molecular flexibility index (Phi) is 7.32. The van der Waals surface area contributed by atoms with E-state index >= 15 is 0 Å². The summed E-state index contributed by atoms with van der Waals surface area (Å²) in [4.78, 5) is 12.6. The maximum absolute atomic E-state index is 12.6. The smallest absolute Gasteiger partial charge is 0.331 e. The van der Waals surface area contributed by atoms with Crippen LogP contribution in [0.15, 0.2) is 48.7 Å². The van der Waals surface area contributed by atoms with Crippen molar-refractivity contribution < 1.29 is 54.4 Å². The Morgan fingerprint density at radius 2 is 1.83 bits per heavy atom. The second-order valence-corrected chi connectivity index (χ2v) is 9.20. The predicted octanol–water partition coefficient (Wildman–Crippen LogP) is -1.20. The minimum atomic E-state index is -1.91. The molecule has 2 fully saturated rings. The van der Waals surface area contributed by atoms with Crippen LogP contribution < -0.4 is 0 Å². The molecule has 192 valence electrons. The molecule has 2 heterocycles. The van der Waals surface area contributed by atoms with Crippen molar-refractivity contribution >= 4 is 12.0 Å². The van der Waals surface area contributed by atoms with Gasteiger partial charge in [-0.05, 0) is 24.6 Å². The summed E-state index contributed by atoms with van der Waals surface area (Å²) >= 11 is 0. The molecule has 1 saturated carbocycles. The number of aliphatic hydroxyl groups excluding tert-OH is 5. The van der Waals surface area contributed by atoms with Gasteiger partial charge in [0.05, 0.1) is 24.9 Å². The van der Waals surface area contributed by atoms with Crippen molar-refractivity contribution in [3.8, 4) is 0 Å². The number of benzene rings is 1. The van der Waals surface area contributed by atoms with Crippen LogP contribution in [0.1, 0.15) is 18.9 Å². The Labute approximate surface area is 201 Å². The molecule has 0 aromatic heterocycles. The Morgan fingerprint density at radius 1 is 1.11 bits per heavy atom. The van der Waals surface area contributed by atoms with Crippen LogP contribution in [0, 0.1) is 5.92 Å². The second-order valence-electron chi connectivity index (χ2n) is 9.20. The molecule has 11 heteroatoms. The number of carbonyl (C=O) groups is 1. The van der Waals surface area contributed by atoms with Gasteiger partial charge in [-0.2, -0.15) is 0 Å². The van der Waals surface area contributed by atoms with Gasteiger partial charge in [0.25, 0.3) is 0 Å². The fourth-order valence-electron chi connectivity index (χ4n) is 4.92.